The van der Waals surface area contributed by atoms with Gasteiger partial charge >= 0.3 is 0 Å². The number of methoxy groups -OCH3 is 1. The van der Waals surface area contributed by atoms with Crippen molar-refractivity contribution in [1.29, 1.82) is 0 Å². The molecule has 13 heteroatoms. The SMILES string of the molecule is COc1cc(/C=N/NC(=O)CN(c2ccc(C)cc2)S(=O)(=O)c2ccc(SC)cc2)cc(Br)c1OCc1ccc(Cl)c(Cl)c1. The third kappa shape index (κ3) is 8.48. The molecule has 0 unspecified atom stereocenters. The molecule has 4 aromatic carbocycles. The monoisotopic (exact) mass is 735 g/mol. The van der Waals surface area contributed by atoms with Crippen molar-refractivity contribution in [2.75, 3.05) is 24.2 Å². The van der Waals surface area contributed by atoms with Crippen molar-refractivity contribution < 1.29 is 22.7 Å². The number of sulfonamides is 1. The Bertz CT molecular complexity index is 1770. The van der Waals surface area contributed by atoms with Gasteiger partial charge in [0.25, 0.3) is 15.9 Å². The molecule has 0 aliphatic carbocycles. The number of anilines is 1. The summed E-state index contributed by atoms with van der Waals surface area (Å²) >= 11 is 17.1. The minimum Gasteiger partial charge on any atom is -0.493 e. The molecular formula is C31H28BrCl2N3O5S2. The highest BCUT2D eigenvalue weighted by Gasteiger charge is 2.27. The van der Waals surface area contributed by atoms with Gasteiger partial charge < -0.3 is 9.47 Å². The van der Waals surface area contributed by atoms with E-state index in [0.29, 0.717) is 37.3 Å². The van der Waals surface area contributed by atoms with Gasteiger partial charge in [-0.2, -0.15) is 5.10 Å². The van der Waals surface area contributed by atoms with Crippen LogP contribution in [0.15, 0.2) is 98.2 Å². The molecule has 230 valence electrons. The van der Waals surface area contributed by atoms with Crippen LogP contribution < -0.4 is 19.2 Å². The lowest BCUT2D eigenvalue weighted by Gasteiger charge is -2.24. The molecule has 0 aliphatic rings. The highest BCUT2D eigenvalue weighted by atomic mass is 79.9. The topological polar surface area (TPSA) is 97.3 Å². The zero-order valence-corrected chi connectivity index (χ0v) is 28.6. The van der Waals surface area contributed by atoms with E-state index in [1.807, 2.05) is 19.2 Å². The highest BCUT2D eigenvalue weighted by Crippen LogP contribution is 2.37. The maximum absolute atomic E-state index is 13.6. The van der Waals surface area contributed by atoms with Crippen LogP contribution in [0.5, 0.6) is 11.5 Å². The van der Waals surface area contributed by atoms with Crippen LogP contribution in [0.25, 0.3) is 0 Å². The summed E-state index contributed by atoms with van der Waals surface area (Å²) in [6.07, 6.45) is 3.32. The van der Waals surface area contributed by atoms with E-state index in [2.05, 4.69) is 26.5 Å². The summed E-state index contributed by atoms with van der Waals surface area (Å²) in [5.41, 5.74) is 5.14. The number of benzene rings is 4. The van der Waals surface area contributed by atoms with E-state index in [9.17, 15) is 13.2 Å². The number of rotatable bonds is 12. The van der Waals surface area contributed by atoms with E-state index in [1.54, 1.807) is 60.7 Å². The minimum atomic E-state index is -4.05. The number of hydrogen-bond acceptors (Lipinski definition) is 7. The van der Waals surface area contributed by atoms with Gasteiger partial charge in [-0.05, 0) is 101 Å². The van der Waals surface area contributed by atoms with Crippen LogP contribution in [0.4, 0.5) is 5.69 Å². The summed E-state index contributed by atoms with van der Waals surface area (Å²) in [7, 11) is -2.55. The number of ether oxygens (including phenoxy) is 2. The quantitative estimate of drug-likeness (QED) is 0.0909. The molecule has 0 atom stereocenters. The number of amides is 1. The molecule has 0 aromatic heterocycles. The summed E-state index contributed by atoms with van der Waals surface area (Å²) in [6.45, 7) is 1.63. The number of carbonyl (C=O) groups excluding carboxylic acids is 1. The lowest BCUT2D eigenvalue weighted by Crippen LogP contribution is -2.39. The molecule has 0 radical (unpaired) electrons. The number of halogens is 3. The molecule has 0 spiro atoms. The molecule has 4 rings (SSSR count). The fourth-order valence-corrected chi connectivity index (χ4v) is 6.71. The lowest BCUT2D eigenvalue weighted by molar-refractivity contribution is -0.119. The molecule has 0 heterocycles. The number of thioether (sulfide) groups is 1. The van der Waals surface area contributed by atoms with Crippen LogP contribution >= 0.6 is 50.9 Å². The van der Waals surface area contributed by atoms with Gasteiger partial charge in [0.15, 0.2) is 11.5 Å². The molecule has 44 heavy (non-hydrogen) atoms. The normalized spacial score (nSPS) is 11.4. The first-order chi connectivity index (χ1) is 21.0. The zero-order valence-electron chi connectivity index (χ0n) is 23.9. The number of aryl methyl sites for hydroxylation is 1. The first-order valence-electron chi connectivity index (χ1n) is 13.0. The van der Waals surface area contributed by atoms with Gasteiger partial charge in [-0.1, -0.05) is 47.0 Å². The van der Waals surface area contributed by atoms with Crippen molar-refractivity contribution >= 4 is 78.7 Å². The third-order valence-corrected chi connectivity index (χ3v) is 10.1. The van der Waals surface area contributed by atoms with E-state index in [4.69, 9.17) is 32.7 Å². The van der Waals surface area contributed by atoms with Crippen LogP contribution in [0.2, 0.25) is 10.0 Å². The largest absolute Gasteiger partial charge is 0.493 e. The molecule has 1 N–H and O–H groups in total. The van der Waals surface area contributed by atoms with Gasteiger partial charge in [0.05, 0.1) is 38.4 Å². The molecule has 0 aliphatic heterocycles. The van der Waals surface area contributed by atoms with Crippen LogP contribution in [-0.4, -0.2) is 40.4 Å². The number of hydrogen-bond donors (Lipinski definition) is 1. The van der Waals surface area contributed by atoms with Crippen molar-refractivity contribution in [2.45, 2.75) is 23.3 Å². The predicted octanol–water partition coefficient (Wildman–Crippen LogP) is 7.72. The molecule has 8 nitrogen and oxygen atoms in total. The maximum atomic E-state index is 13.6. The summed E-state index contributed by atoms with van der Waals surface area (Å²) < 4.78 is 40.4. The van der Waals surface area contributed by atoms with E-state index in [1.165, 1.54) is 37.2 Å². The zero-order chi connectivity index (χ0) is 31.9. The Balaban J connectivity index is 1.48. The Morgan fingerprint density at radius 1 is 1.02 bits per heavy atom. The van der Waals surface area contributed by atoms with Crippen molar-refractivity contribution in [3.8, 4) is 11.5 Å². The average molecular weight is 738 g/mol. The second-order valence-corrected chi connectivity index (χ2v) is 13.8. The summed E-state index contributed by atoms with van der Waals surface area (Å²) in [5.74, 6) is 0.263. The Morgan fingerprint density at radius 3 is 2.36 bits per heavy atom. The molecule has 1 amide bonds. The maximum Gasteiger partial charge on any atom is 0.264 e. The standard InChI is InChI=1S/C31H28BrCl2N3O5S2/c1-20-4-7-23(8-5-20)37(44(39,40)25-11-9-24(43-3)10-12-25)18-30(38)36-35-17-22-14-26(32)31(29(16-22)41-2)42-19-21-6-13-27(33)28(34)15-21/h4-17H,18-19H2,1-3H3,(H,36,38)/b35-17+. The van der Waals surface area contributed by atoms with Crippen LogP contribution in [0, 0.1) is 6.92 Å². The first-order valence-corrected chi connectivity index (χ1v) is 17.2. The summed E-state index contributed by atoms with van der Waals surface area (Å²) in [5, 5.41) is 4.93. The second-order valence-electron chi connectivity index (χ2n) is 9.39. The molecular weight excluding hydrogens is 709 g/mol. The number of carbonyl (C=O) groups is 1. The summed E-state index contributed by atoms with van der Waals surface area (Å²) in [6, 6.07) is 22.1. The van der Waals surface area contributed by atoms with Crippen molar-refractivity contribution in [1.82, 2.24) is 5.43 Å². The second kappa shape index (κ2) is 15.2. The van der Waals surface area contributed by atoms with E-state index < -0.39 is 22.5 Å². The van der Waals surface area contributed by atoms with Gasteiger partial charge in [-0.15, -0.1) is 11.8 Å². The molecule has 0 saturated carbocycles. The van der Waals surface area contributed by atoms with Gasteiger partial charge in [0, 0.05) is 4.90 Å². The van der Waals surface area contributed by atoms with E-state index in [-0.39, 0.29) is 11.5 Å². The Labute approximate surface area is 279 Å². The average Bonchev–Trinajstić information content (AvgIpc) is 3.01. The predicted molar refractivity (Wildman–Crippen MR) is 181 cm³/mol. The fourth-order valence-electron chi connectivity index (χ4n) is 3.98. The van der Waals surface area contributed by atoms with Crippen LogP contribution in [0.3, 0.4) is 0 Å². The fraction of sp³-hybridized carbons (Fsp3) is 0.161. The van der Waals surface area contributed by atoms with Gasteiger partial charge in [0.1, 0.15) is 13.2 Å². The minimum absolute atomic E-state index is 0.0746. The smallest absolute Gasteiger partial charge is 0.264 e. The van der Waals surface area contributed by atoms with E-state index in [0.717, 1.165) is 20.3 Å². The molecule has 0 bridgehead atoms. The third-order valence-electron chi connectivity index (χ3n) is 6.28. The first kappa shape index (κ1) is 33.7. The molecule has 4 aromatic rings. The number of nitrogens with one attached hydrogen (secondary N) is 1. The van der Waals surface area contributed by atoms with Crippen LogP contribution in [0.1, 0.15) is 16.7 Å². The van der Waals surface area contributed by atoms with Crippen molar-refractivity contribution in [2.24, 2.45) is 5.10 Å². The Hall–Kier alpha value is -3.22. The van der Waals surface area contributed by atoms with Crippen LogP contribution in [-0.2, 0) is 21.4 Å². The highest BCUT2D eigenvalue weighted by molar-refractivity contribution is 9.10. The summed E-state index contributed by atoms with van der Waals surface area (Å²) in [4.78, 5) is 14.0. The van der Waals surface area contributed by atoms with Gasteiger partial charge in [0.2, 0.25) is 0 Å². The number of nitrogens with zero attached hydrogens (tertiary/aromatic N) is 2. The van der Waals surface area contributed by atoms with Gasteiger partial charge in [-0.25, -0.2) is 13.8 Å². The van der Waals surface area contributed by atoms with E-state index >= 15 is 0 Å². The van der Waals surface area contributed by atoms with Crippen molar-refractivity contribution in [3.63, 3.8) is 0 Å². The molecule has 0 saturated heterocycles. The van der Waals surface area contributed by atoms with Gasteiger partial charge in [-0.3, -0.25) is 9.10 Å². The Kier molecular flexibility index (Phi) is 11.6. The molecule has 0 fully saturated rings. The Morgan fingerprint density at radius 2 is 1.73 bits per heavy atom. The number of hydrazone groups is 1. The van der Waals surface area contributed by atoms with Crippen molar-refractivity contribution in [3.05, 3.63) is 110 Å². The lowest BCUT2D eigenvalue weighted by atomic mass is 10.2.